The second-order valence-corrected chi connectivity index (χ2v) is 7.84. The largest absolute Gasteiger partial charge is 0.462 e. The summed E-state index contributed by atoms with van der Waals surface area (Å²) in [5.74, 6) is 0.150. The number of carbonyl (C=O) groups is 2. The van der Waals surface area contributed by atoms with Crippen molar-refractivity contribution in [2.45, 2.75) is 33.1 Å². The van der Waals surface area contributed by atoms with Gasteiger partial charge in [-0.05, 0) is 49.8 Å². The predicted molar refractivity (Wildman–Crippen MR) is 106 cm³/mol. The molecule has 0 unspecified atom stereocenters. The van der Waals surface area contributed by atoms with Crippen molar-refractivity contribution in [2.75, 3.05) is 31.6 Å². The number of carbonyl (C=O) groups excluding carboxylic acids is 2. The first kappa shape index (κ1) is 20.4. The first-order chi connectivity index (χ1) is 12.5. The average Bonchev–Trinajstić information content (AvgIpc) is 2.92. The van der Waals surface area contributed by atoms with Gasteiger partial charge in [-0.1, -0.05) is 20.1 Å². The zero-order valence-electron chi connectivity index (χ0n) is 15.7. The molecule has 0 saturated carbocycles. The van der Waals surface area contributed by atoms with Crippen molar-refractivity contribution in [3.05, 3.63) is 41.3 Å². The van der Waals surface area contributed by atoms with E-state index in [1.54, 1.807) is 19.1 Å². The maximum Gasteiger partial charge on any atom is 0.341 e. The quantitative estimate of drug-likeness (QED) is 0.513. The minimum Gasteiger partial charge on any atom is -0.462 e. The molecular weight excluding hydrogens is 348 g/mol. The molecule has 0 bridgehead atoms. The molecule has 2 rings (SSSR count). The van der Waals surface area contributed by atoms with Crippen molar-refractivity contribution >= 4 is 28.2 Å². The number of nitrogens with one attached hydrogen (secondary N) is 2. The molecule has 5 nitrogen and oxygen atoms in total. The Morgan fingerprint density at radius 2 is 2.04 bits per heavy atom. The van der Waals surface area contributed by atoms with Crippen LogP contribution >= 0.6 is 11.3 Å². The Morgan fingerprint density at radius 3 is 2.65 bits per heavy atom. The van der Waals surface area contributed by atoms with Gasteiger partial charge >= 0.3 is 5.97 Å². The summed E-state index contributed by atoms with van der Waals surface area (Å²) >= 11 is 1.52. The highest BCUT2D eigenvalue weighted by Crippen LogP contribution is 2.40. The fourth-order valence-corrected chi connectivity index (χ4v) is 4.71. The molecule has 0 fully saturated rings. The van der Waals surface area contributed by atoms with E-state index in [0.29, 0.717) is 42.7 Å². The van der Waals surface area contributed by atoms with Crippen molar-refractivity contribution in [2.24, 2.45) is 5.92 Å². The van der Waals surface area contributed by atoms with Gasteiger partial charge in [-0.2, -0.15) is 0 Å². The molecule has 0 radical (unpaired) electrons. The van der Waals surface area contributed by atoms with Crippen molar-refractivity contribution in [3.8, 4) is 0 Å². The minimum atomic E-state index is -0.337. The zero-order chi connectivity index (χ0) is 19.1. The van der Waals surface area contributed by atoms with E-state index < -0.39 is 0 Å². The van der Waals surface area contributed by atoms with Gasteiger partial charge in [-0.15, -0.1) is 11.3 Å². The van der Waals surface area contributed by atoms with Crippen LogP contribution in [0.15, 0.2) is 25.3 Å². The van der Waals surface area contributed by atoms with E-state index >= 15 is 0 Å². The summed E-state index contributed by atoms with van der Waals surface area (Å²) in [6, 6.07) is 0. The first-order valence-electron chi connectivity index (χ1n) is 9.16. The molecule has 1 aliphatic rings. The van der Waals surface area contributed by atoms with Crippen LogP contribution < -0.4 is 10.2 Å². The van der Waals surface area contributed by atoms with Gasteiger partial charge < -0.3 is 15.0 Å². The van der Waals surface area contributed by atoms with Gasteiger partial charge in [0.25, 0.3) is 5.91 Å². The van der Waals surface area contributed by atoms with Gasteiger partial charge in [0, 0.05) is 4.88 Å². The van der Waals surface area contributed by atoms with Crippen LogP contribution in [0.5, 0.6) is 0 Å². The van der Waals surface area contributed by atoms with Crippen LogP contribution in [0.2, 0.25) is 0 Å². The number of anilines is 1. The van der Waals surface area contributed by atoms with E-state index in [0.717, 1.165) is 29.7 Å². The van der Waals surface area contributed by atoms with Gasteiger partial charge in [0.15, 0.2) is 6.54 Å². The molecule has 1 amide bonds. The Hall–Kier alpha value is -1.92. The number of hydrogen-bond acceptors (Lipinski definition) is 4. The number of amides is 1. The molecular formula is C20H29N2O3S+. The molecule has 0 saturated heterocycles. The van der Waals surface area contributed by atoms with Crippen LogP contribution in [0, 0.1) is 5.92 Å². The monoisotopic (exact) mass is 377 g/mol. The maximum atomic E-state index is 12.5. The summed E-state index contributed by atoms with van der Waals surface area (Å²) in [6.45, 7) is 13.5. The topological polar surface area (TPSA) is 59.8 Å². The smallest absolute Gasteiger partial charge is 0.341 e. The van der Waals surface area contributed by atoms with Crippen LogP contribution in [-0.4, -0.2) is 38.1 Å². The normalized spacial score (nSPS) is 16.0. The molecule has 1 aromatic heterocycles. The van der Waals surface area contributed by atoms with Crippen molar-refractivity contribution < 1.29 is 19.2 Å². The summed E-state index contributed by atoms with van der Waals surface area (Å²) in [5.41, 5.74) is 1.62. The summed E-state index contributed by atoms with van der Waals surface area (Å²) in [7, 11) is 0. The molecule has 142 valence electrons. The third-order valence-corrected chi connectivity index (χ3v) is 5.69. The average molecular weight is 378 g/mol. The van der Waals surface area contributed by atoms with Crippen LogP contribution in [0.3, 0.4) is 0 Å². The highest BCUT2D eigenvalue weighted by Gasteiger charge is 2.29. The van der Waals surface area contributed by atoms with E-state index in [1.807, 2.05) is 0 Å². The fraction of sp³-hybridized carbons (Fsp3) is 0.500. The maximum absolute atomic E-state index is 12.5. The van der Waals surface area contributed by atoms with Crippen LogP contribution in [0.4, 0.5) is 5.00 Å². The van der Waals surface area contributed by atoms with E-state index in [2.05, 4.69) is 25.4 Å². The molecule has 0 aliphatic heterocycles. The molecule has 1 aromatic rings. The SMILES string of the molecule is C=CC[NH+](CC=C)CC(=O)Nc1sc2c(c1C(=O)OCC)CC[C@@H](C)C2. The second kappa shape index (κ2) is 9.69. The van der Waals surface area contributed by atoms with Gasteiger partial charge in [0.1, 0.15) is 5.00 Å². The van der Waals surface area contributed by atoms with E-state index in [-0.39, 0.29) is 11.9 Å². The van der Waals surface area contributed by atoms with E-state index in [9.17, 15) is 9.59 Å². The first-order valence-corrected chi connectivity index (χ1v) is 9.98. The second-order valence-electron chi connectivity index (χ2n) is 6.74. The molecule has 0 aromatic carbocycles. The third-order valence-electron chi connectivity index (χ3n) is 4.52. The lowest BCUT2D eigenvalue weighted by Crippen LogP contribution is -3.12. The molecule has 1 atom stereocenters. The predicted octanol–water partition coefficient (Wildman–Crippen LogP) is 2.24. The highest BCUT2D eigenvalue weighted by atomic mass is 32.1. The number of quaternary nitrogens is 1. The highest BCUT2D eigenvalue weighted by molar-refractivity contribution is 7.17. The zero-order valence-corrected chi connectivity index (χ0v) is 16.5. The molecule has 2 N–H and O–H groups in total. The van der Waals surface area contributed by atoms with E-state index in [4.69, 9.17) is 4.74 Å². The molecule has 1 heterocycles. The lowest BCUT2D eigenvalue weighted by atomic mass is 9.88. The Bertz CT molecular complexity index is 671. The summed E-state index contributed by atoms with van der Waals surface area (Å²) in [6.07, 6.45) is 6.46. The summed E-state index contributed by atoms with van der Waals surface area (Å²) < 4.78 is 5.24. The number of rotatable bonds is 9. The Labute approximate surface area is 159 Å². The fourth-order valence-electron chi connectivity index (χ4n) is 3.29. The molecule has 1 aliphatic carbocycles. The number of thiophene rings is 1. The Balaban J connectivity index is 2.21. The summed E-state index contributed by atoms with van der Waals surface area (Å²) in [4.78, 5) is 27.3. The lowest BCUT2D eigenvalue weighted by Gasteiger charge is -2.18. The van der Waals surface area contributed by atoms with Gasteiger partial charge in [-0.25, -0.2) is 4.79 Å². The number of fused-ring (bicyclic) bond motifs is 1. The van der Waals surface area contributed by atoms with Crippen molar-refractivity contribution in [3.63, 3.8) is 0 Å². The van der Waals surface area contributed by atoms with Gasteiger partial charge in [0.2, 0.25) is 0 Å². The van der Waals surface area contributed by atoms with Crippen LogP contribution in [-0.2, 0) is 22.4 Å². The number of esters is 1. The molecule has 6 heteroatoms. The third kappa shape index (κ3) is 5.05. The number of hydrogen-bond donors (Lipinski definition) is 2. The van der Waals surface area contributed by atoms with Crippen molar-refractivity contribution in [1.29, 1.82) is 0 Å². The van der Waals surface area contributed by atoms with Crippen LogP contribution in [0.25, 0.3) is 0 Å². The molecule has 0 spiro atoms. The Kier molecular flexibility index (Phi) is 7.60. The minimum absolute atomic E-state index is 0.110. The van der Waals surface area contributed by atoms with Gasteiger partial charge in [0.05, 0.1) is 25.3 Å². The van der Waals surface area contributed by atoms with E-state index in [1.165, 1.54) is 16.2 Å². The van der Waals surface area contributed by atoms with Crippen molar-refractivity contribution in [1.82, 2.24) is 0 Å². The molecule has 26 heavy (non-hydrogen) atoms. The standard InChI is InChI=1S/C20H28N2O3S/c1-5-10-22(11-6-2)13-17(23)21-19-18(20(24)25-7-3)15-9-8-14(4)12-16(15)26-19/h5-6,14H,1-2,7-13H2,3-4H3,(H,21,23)/p+1/t14-/m1/s1. The number of ether oxygens (including phenoxy) is 1. The van der Waals surface area contributed by atoms with Crippen LogP contribution in [0.1, 0.15) is 41.1 Å². The Morgan fingerprint density at radius 1 is 1.35 bits per heavy atom. The lowest BCUT2D eigenvalue weighted by molar-refractivity contribution is -0.879. The summed E-state index contributed by atoms with van der Waals surface area (Å²) in [5, 5.41) is 3.59. The van der Waals surface area contributed by atoms with Gasteiger partial charge in [-0.3, -0.25) is 4.79 Å².